The Morgan fingerprint density at radius 1 is 1.28 bits per heavy atom. The van der Waals surface area contributed by atoms with E-state index in [4.69, 9.17) is 14.2 Å². The first-order chi connectivity index (χ1) is 12.1. The molecule has 1 aromatic rings. The molecule has 136 valence electrons. The number of urea groups is 1. The first kappa shape index (κ1) is 17.2. The van der Waals surface area contributed by atoms with E-state index in [0.717, 1.165) is 5.56 Å². The van der Waals surface area contributed by atoms with Crippen molar-refractivity contribution in [3.05, 3.63) is 23.8 Å². The third-order valence-electron chi connectivity index (χ3n) is 4.54. The number of benzene rings is 1. The smallest absolute Gasteiger partial charge is 0.410 e. The Kier molecular flexibility index (Phi) is 4.87. The number of fused-ring (bicyclic) bond motifs is 1. The van der Waals surface area contributed by atoms with Crippen molar-refractivity contribution in [2.24, 2.45) is 0 Å². The summed E-state index contributed by atoms with van der Waals surface area (Å²) in [5.74, 6) is 1.25. The Balaban J connectivity index is 1.72. The molecule has 2 saturated heterocycles. The summed E-state index contributed by atoms with van der Waals surface area (Å²) < 4.78 is 16.0. The normalized spacial score (nSPS) is 21.8. The zero-order valence-electron chi connectivity index (χ0n) is 14.7. The Morgan fingerprint density at radius 2 is 2.04 bits per heavy atom. The van der Waals surface area contributed by atoms with Crippen LogP contribution in [0.5, 0.6) is 11.5 Å². The third kappa shape index (κ3) is 3.29. The summed E-state index contributed by atoms with van der Waals surface area (Å²) in [4.78, 5) is 27.6. The molecule has 3 amide bonds. The van der Waals surface area contributed by atoms with Gasteiger partial charge in [-0.2, -0.15) is 0 Å². The minimum atomic E-state index is -0.347. The maximum Gasteiger partial charge on any atom is 0.410 e. The van der Waals surface area contributed by atoms with Crippen LogP contribution in [-0.4, -0.2) is 67.9 Å². The lowest BCUT2D eigenvalue weighted by Crippen LogP contribution is -2.42. The number of hydrogen-bond donors (Lipinski definition) is 1. The molecule has 2 fully saturated rings. The van der Waals surface area contributed by atoms with Gasteiger partial charge in [0.1, 0.15) is 6.10 Å². The zero-order valence-corrected chi connectivity index (χ0v) is 14.7. The van der Waals surface area contributed by atoms with E-state index in [1.165, 1.54) is 0 Å². The highest BCUT2D eigenvalue weighted by Crippen LogP contribution is 2.31. The van der Waals surface area contributed by atoms with Crippen LogP contribution < -0.4 is 14.8 Å². The second-order valence-corrected chi connectivity index (χ2v) is 6.05. The van der Waals surface area contributed by atoms with E-state index >= 15 is 0 Å². The number of amides is 3. The van der Waals surface area contributed by atoms with Gasteiger partial charge >= 0.3 is 12.1 Å². The molecular weight excluding hydrogens is 326 g/mol. The van der Waals surface area contributed by atoms with Crippen LogP contribution in [-0.2, 0) is 11.3 Å². The number of ether oxygens (including phenoxy) is 3. The Bertz CT molecular complexity index is 666. The molecule has 2 heterocycles. The summed E-state index contributed by atoms with van der Waals surface area (Å²) >= 11 is 0. The van der Waals surface area contributed by atoms with Gasteiger partial charge in [-0.05, 0) is 24.6 Å². The largest absolute Gasteiger partial charge is 0.493 e. The van der Waals surface area contributed by atoms with Crippen LogP contribution in [0, 0.1) is 0 Å². The number of carbonyl (C=O) groups is 2. The average Bonchev–Trinajstić information content (AvgIpc) is 3.14. The van der Waals surface area contributed by atoms with Gasteiger partial charge in [-0.25, -0.2) is 9.59 Å². The lowest BCUT2D eigenvalue weighted by atomic mass is 10.1. The van der Waals surface area contributed by atoms with Crippen LogP contribution in [0.2, 0.25) is 0 Å². The molecule has 1 aromatic carbocycles. The highest BCUT2D eigenvalue weighted by molar-refractivity contribution is 5.76. The number of carbonyl (C=O) groups excluding carboxylic acids is 2. The maximum atomic E-state index is 12.2. The molecule has 25 heavy (non-hydrogen) atoms. The lowest BCUT2D eigenvalue weighted by molar-refractivity contribution is 0.122. The fraction of sp³-hybridized carbons (Fsp3) is 0.529. The van der Waals surface area contributed by atoms with Crippen molar-refractivity contribution in [3.8, 4) is 11.5 Å². The fourth-order valence-corrected chi connectivity index (χ4v) is 3.29. The van der Waals surface area contributed by atoms with Crippen LogP contribution in [0.15, 0.2) is 18.2 Å². The second kappa shape index (κ2) is 7.08. The molecule has 0 saturated carbocycles. The van der Waals surface area contributed by atoms with E-state index in [1.807, 2.05) is 25.1 Å². The molecule has 0 spiro atoms. The van der Waals surface area contributed by atoms with Gasteiger partial charge in [0.05, 0.1) is 26.8 Å². The van der Waals surface area contributed by atoms with Crippen LogP contribution in [0.3, 0.4) is 0 Å². The summed E-state index contributed by atoms with van der Waals surface area (Å²) in [5, 5.41) is 2.78. The number of hydrogen-bond acceptors (Lipinski definition) is 5. The second-order valence-electron chi connectivity index (χ2n) is 6.05. The molecule has 0 unspecified atom stereocenters. The van der Waals surface area contributed by atoms with Gasteiger partial charge in [-0.3, -0.25) is 4.90 Å². The van der Waals surface area contributed by atoms with Crippen LogP contribution >= 0.6 is 0 Å². The predicted molar refractivity (Wildman–Crippen MR) is 89.8 cm³/mol. The van der Waals surface area contributed by atoms with Gasteiger partial charge in [-0.15, -0.1) is 0 Å². The highest BCUT2D eigenvalue weighted by atomic mass is 16.6. The van der Waals surface area contributed by atoms with Crippen molar-refractivity contribution >= 4 is 12.1 Å². The summed E-state index contributed by atoms with van der Waals surface area (Å²) in [5.41, 5.74) is 0.909. The lowest BCUT2D eigenvalue weighted by Gasteiger charge is -2.23. The van der Waals surface area contributed by atoms with Gasteiger partial charge in [0.25, 0.3) is 0 Å². The maximum absolute atomic E-state index is 12.2. The van der Waals surface area contributed by atoms with Crippen molar-refractivity contribution in [3.63, 3.8) is 0 Å². The van der Waals surface area contributed by atoms with Crippen LogP contribution in [0.25, 0.3) is 0 Å². The first-order valence-electron chi connectivity index (χ1n) is 8.28. The first-order valence-corrected chi connectivity index (χ1v) is 8.28. The summed E-state index contributed by atoms with van der Waals surface area (Å²) in [6.07, 6.45) is -0.629. The van der Waals surface area contributed by atoms with Gasteiger partial charge in [0, 0.05) is 19.6 Å². The van der Waals surface area contributed by atoms with Crippen molar-refractivity contribution in [2.45, 2.75) is 25.6 Å². The van der Waals surface area contributed by atoms with E-state index in [0.29, 0.717) is 37.7 Å². The topological polar surface area (TPSA) is 80.3 Å². The van der Waals surface area contributed by atoms with Crippen molar-refractivity contribution in [2.75, 3.05) is 33.9 Å². The molecule has 1 N–H and O–H groups in total. The van der Waals surface area contributed by atoms with Crippen molar-refractivity contribution in [1.82, 2.24) is 15.1 Å². The molecule has 3 rings (SSSR count). The summed E-state index contributed by atoms with van der Waals surface area (Å²) in [6.45, 7) is 3.72. The highest BCUT2D eigenvalue weighted by Gasteiger charge is 2.48. The molecule has 8 heteroatoms. The average molecular weight is 349 g/mol. The van der Waals surface area contributed by atoms with Crippen molar-refractivity contribution < 1.29 is 23.8 Å². The summed E-state index contributed by atoms with van der Waals surface area (Å²) in [7, 11) is 3.15. The molecular formula is C17H23N3O5. The third-order valence-corrected chi connectivity index (χ3v) is 4.54. The zero-order chi connectivity index (χ0) is 18.0. The quantitative estimate of drug-likeness (QED) is 0.870. The number of methoxy groups -OCH3 is 2. The van der Waals surface area contributed by atoms with E-state index in [9.17, 15) is 9.59 Å². The van der Waals surface area contributed by atoms with Gasteiger partial charge < -0.3 is 24.4 Å². The van der Waals surface area contributed by atoms with E-state index in [2.05, 4.69) is 5.32 Å². The minimum Gasteiger partial charge on any atom is -0.493 e. The fourth-order valence-electron chi connectivity index (χ4n) is 3.29. The van der Waals surface area contributed by atoms with E-state index in [1.54, 1.807) is 24.0 Å². The Morgan fingerprint density at radius 3 is 2.72 bits per heavy atom. The standard InChI is InChI=1S/C17H23N3O5/c1-4-18-16(21)19-9-12-15(10-19)25-17(22)20(12)8-11-5-6-13(23-2)14(7-11)24-3/h5-7,12,15H,4,8-10H2,1-3H3,(H,18,21)/t12-,15+/m0/s1. The van der Waals surface area contributed by atoms with Gasteiger partial charge in [0.2, 0.25) is 0 Å². The molecule has 2 aliphatic rings. The minimum absolute atomic E-state index is 0.126. The van der Waals surface area contributed by atoms with Crippen molar-refractivity contribution in [1.29, 1.82) is 0 Å². The molecule has 2 aliphatic heterocycles. The summed E-state index contributed by atoms with van der Waals surface area (Å²) in [6, 6.07) is 5.28. The SMILES string of the molecule is CCNC(=O)N1C[C@H]2OC(=O)N(Cc3ccc(OC)c(OC)c3)[C@H]2C1. The molecule has 0 aromatic heterocycles. The van der Waals surface area contributed by atoms with Gasteiger partial charge in [-0.1, -0.05) is 6.07 Å². The number of rotatable bonds is 5. The molecule has 0 radical (unpaired) electrons. The van der Waals surface area contributed by atoms with E-state index < -0.39 is 0 Å². The number of likely N-dealkylation sites (tertiary alicyclic amines) is 1. The molecule has 0 aliphatic carbocycles. The Labute approximate surface area is 146 Å². The van der Waals surface area contributed by atoms with Crippen LogP contribution in [0.4, 0.5) is 9.59 Å². The monoisotopic (exact) mass is 349 g/mol. The number of nitrogens with zero attached hydrogens (tertiary/aromatic N) is 2. The van der Waals surface area contributed by atoms with E-state index in [-0.39, 0.29) is 24.3 Å². The molecule has 2 atom stereocenters. The Hall–Kier alpha value is -2.64. The predicted octanol–water partition coefficient (Wildman–Crippen LogP) is 1.44. The molecule has 0 bridgehead atoms. The molecule has 8 nitrogen and oxygen atoms in total. The number of nitrogens with one attached hydrogen (secondary N) is 1. The van der Waals surface area contributed by atoms with Gasteiger partial charge in [0.15, 0.2) is 11.5 Å². The van der Waals surface area contributed by atoms with Crippen LogP contribution in [0.1, 0.15) is 12.5 Å².